The molecule has 0 aromatic heterocycles. The minimum Gasteiger partial charge on any atom is -0.381 e. The third-order valence-corrected chi connectivity index (χ3v) is 5.60. The average Bonchev–Trinajstić information content (AvgIpc) is 2.65. The van der Waals surface area contributed by atoms with E-state index < -0.39 is 0 Å². The monoisotopic (exact) mass is 368 g/mol. The van der Waals surface area contributed by atoms with Gasteiger partial charge in [-0.1, -0.05) is 130 Å². The number of hydrogen-bond acceptors (Lipinski definition) is 1. The van der Waals surface area contributed by atoms with Crippen molar-refractivity contribution in [3.05, 3.63) is 0 Å². The lowest BCUT2D eigenvalue weighted by Crippen LogP contribution is -2.06. The van der Waals surface area contributed by atoms with Crippen molar-refractivity contribution >= 4 is 0 Å². The van der Waals surface area contributed by atoms with Crippen LogP contribution in [0.15, 0.2) is 0 Å². The summed E-state index contributed by atoms with van der Waals surface area (Å²) in [6.07, 6.45) is 26.9. The van der Waals surface area contributed by atoms with Gasteiger partial charge in [-0.3, -0.25) is 0 Å². The van der Waals surface area contributed by atoms with Crippen molar-refractivity contribution in [1.29, 1.82) is 0 Å². The summed E-state index contributed by atoms with van der Waals surface area (Å²) in [5.74, 6) is 0.746. The molecule has 0 heterocycles. The van der Waals surface area contributed by atoms with Crippen molar-refractivity contribution in [3.8, 4) is 0 Å². The second-order valence-electron chi connectivity index (χ2n) is 8.63. The molecule has 0 N–H and O–H groups in total. The van der Waals surface area contributed by atoms with Crippen LogP contribution in [0.1, 0.15) is 143 Å². The Labute approximate surface area is 167 Å². The molecule has 0 fully saturated rings. The van der Waals surface area contributed by atoms with Crippen LogP contribution in [0.25, 0.3) is 0 Å². The molecule has 158 valence electrons. The van der Waals surface area contributed by atoms with E-state index in [4.69, 9.17) is 4.74 Å². The predicted molar refractivity (Wildman–Crippen MR) is 119 cm³/mol. The predicted octanol–water partition coefficient (Wildman–Crippen LogP) is 9.09. The first-order valence-corrected chi connectivity index (χ1v) is 12.4. The van der Waals surface area contributed by atoms with Crippen LogP contribution in [0.3, 0.4) is 0 Å². The molecule has 0 aromatic carbocycles. The van der Waals surface area contributed by atoms with E-state index in [1.807, 2.05) is 0 Å². The second kappa shape index (κ2) is 23.0. The molecule has 0 saturated carbocycles. The van der Waals surface area contributed by atoms with Gasteiger partial charge in [0.15, 0.2) is 0 Å². The summed E-state index contributed by atoms with van der Waals surface area (Å²) in [6, 6.07) is 0. The molecule has 1 atom stereocenters. The molecule has 1 heteroatoms. The van der Waals surface area contributed by atoms with E-state index >= 15 is 0 Å². The molecular weight excluding hydrogens is 316 g/mol. The first kappa shape index (κ1) is 26.0. The highest BCUT2D eigenvalue weighted by atomic mass is 16.5. The topological polar surface area (TPSA) is 9.23 Å². The first-order chi connectivity index (χ1) is 12.8. The lowest BCUT2D eigenvalue weighted by Gasteiger charge is -2.11. The zero-order chi connectivity index (χ0) is 19.1. The van der Waals surface area contributed by atoms with E-state index in [9.17, 15) is 0 Å². The molecule has 1 unspecified atom stereocenters. The molecule has 0 aromatic rings. The molecule has 0 radical (unpaired) electrons. The highest BCUT2D eigenvalue weighted by Gasteiger charge is 2.01. The van der Waals surface area contributed by atoms with E-state index in [0.717, 1.165) is 19.1 Å². The number of rotatable bonds is 22. The van der Waals surface area contributed by atoms with Crippen LogP contribution in [0, 0.1) is 5.92 Å². The van der Waals surface area contributed by atoms with Crippen LogP contribution in [-0.4, -0.2) is 13.2 Å². The molecule has 0 spiro atoms. The normalized spacial score (nSPS) is 12.6. The summed E-state index contributed by atoms with van der Waals surface area (Å²) in [6.45, 7) is 8.84. The average molecular weight is 369 g/mol. The summed E-state index contributed by atoms with van der Waals surface area (Å²) in [5.41, 5.74) is 0. The first-order valence-electron chi connectivity index (χ1n) is 12.4. The lowest BCUT2D eigenvalue weighted by molar-refractivity contribution is 0.0978. The van der Waals surface area contributed by atoms with Crippen LogP contribution in [-0.2, 0) is 4.74 Å². The fourth-order valence-electron chi connectivity index (χ4n) is 3.67. The van der Waals surface area contributed by atoms with Gasteiger partial charge in [0.2, 0.25) is 0 Å². The SMILES string of the molecule is CCCCCCCCCCCCCCCCCCOCC(C)CCCC. The van der Waals surface area contributed by atoms with Crippen LogP contribution in [0.5, 0.6) is 0 Å². The maximum absolute atomic E-state index is 5.81. The van der Waals surface area contributed by atoms with Crippen LogP contribution in [0.4, 0.5) is 0 Å². The summed E-state index contributed by atoms with van der Waals surface area (Å²) in [5, 5.41) is 0. The van der Waals surface area contributed by atoms with E-state index in [-0.39, 0.29) is 0 Å². The Morgan fingerprint density at radius 3 is 1.31 bits per heavy atom. The number of hydrogen-bond donors (Lipinski definition) is 0. The van der Waals surface area contributed by atoms with Crippen LogP contribution in [0.2, 0.25) is 0 Å². The lowest BCUT2D eigenvalue weighted by atomic mass is 10.0. The molecule has 0 bridgehead atoms. The fourth-order valence-corrected chi connectivity index (χ4v) is 3.67. The van der Waals surface area contributed by atoms with E-state index in [1.54, 1.807) is 0 Å². The minimum absolute atomic E-state index is 0.746. The van der Waals surface area contributed by atoms with Crippen molar-refractivity contribution in [1.82, 2.24) is 0 Å². The van der Waals surface area contributed by atoms with E-state index in [2.05, 4.69) is 20.8 Å². The van der Waals surface area contributed by atoms with Gasteiger partial charge in [-0.25, -0.2) is 0 Å². The minimum atomic E-state index is 0.746. The largest absolute Gasteiger partial charge is 0.381 e. The third kappa shape index (κ3) is 22.0. The molecule has 0 saturated heterocycles. The highest BCUT2D eigenvalue weighted by molar-refractivity contribution is 4.52. The maximum Gasteiger partial charge on any atom is 0.0491 e. The summed E-state index contributed by atoms with van der Waals surface area (Å²) < 4.78 is 5.81. The smallest absolute Gasteiger partial charge is 0.0491 e. The van der Waals surface area contributed by atoms with Crippen molar-refractivity contribution in [2.24, 2.45) is 5.92 Å². The Hall–Kier alpha value is -0.0400. The van der Waals surface area contributed by atoms with Gasteiger partial charge in [-0.05, 0) is 18.8 Å². The van der Waals surface area contributed by atoms with Gasteiger partial charge in [-0.2, -0.15) is 0 Å². The third-order valence-electron chi connectivity index (χ3n) is 5.60. The van der Waals surface area contributed by atoms with Gasteiger partial charge in [-0.15, -0.1) is 0 Å². The quantitative estimate of drug-likeness (QED) is 0.173. The van der Waals surface area contributed by atoms with Gasteiger partial charge in [0.25, 0.3) is 0 Å². The Morgan fingerprint density at radius 2 is 0.885 bits per heavy atom. The fraction of sp³-hybridized carbons (Fsp3) is 1.00. The zero-order valence-electron chi connectivity index (χ0n) is 18.8. The molecule has 26 heavy (non-hydrogen) atoms. The molecular formula is C25H52O. The van der Waals surface area contributed by atoms with Gasteiger partial charge in [0.1, 0.15) is 0 Å². The van der Waals surface area contributed by atoms with E-state index in [1.165, 1.54) is 122 Å². The van der Waals surface area contributed by atoms with Gasteiger partial charge in [0, 0.05) is 13.2 Å². The van der Waals surface area contributed by atoms with Gasteiger partial charge < -0.3 is 4.74 Å². The Bertz CT molecular complexity index is 238. The van der Waals surface area contributed by atoms with Crippen LogP contribution < -0.4 is 0 Å². The van der Waals surface area contributed by atoms with Crippen molar-refractivity contribution in [2.45, 2.75) is 143 Å². The second-order valence-corrected chi connectivity index (χ2v) is 8.63. The number of ether oxygens (including phenoxy) is 1. The molecule has 0 rings (SSSR count). The molecule has 0 aliphatic heterocycles. The van der Waals surface area contributed by atoms with Crippen molar-refractivity contribution in [3.63, 3.8) is 0 Å². The van der Waals surface area contributed by atoms with E-state index in [0.29, 0.717) is 0 Å². The van der Waals surface area contributed by atoms with Gasteiger partial charge in [0.05, 0.1) is 0 Å². The number of unbranched alkanes of at least 4 members (excludes halogenated alkanes) is 16. The summed E-state index contributed by atoms with van der Waals surface area (Å²) >= 11 is 0. The molecule has 0 aliphatic carbocycles. The Morgan fingerprint density at radius 1 is 0.500 bits per heavy atom. The Kier molecular flexibility index (Phi) is 23.0. The van der Waals surface area contributed by atoms with Crippen LogP contribution >= 0.6 is 0 Å². The Balaban J connectivity index is 3.03. The van der Waals surface area contributed by atoms with Gasteiger partial charge >= 0.3 is 0 Å². The van der Waals surface area contributed by atoms with Crippen molar-refractivity contribution in [2.75, 3.05) is 13.2 Å². The summed E-state index contributed by atoms with van der Waals surface area (Å²) in [4.78, 5) is 0. The highest BCUT2D eigenvalue weighted by Crippen LogP contribution is 2.14. The zero-order valence-corrected chi connectivity index (χ0v) is 18.8. The van der Waals surface area contributed by atoms with Crippen molar-refractivity contribution < 1.29 is 4.74 Å². The standard InChI is InChI=1S/C25H52O/c1-4-6-8-9-10-11-12-13-14-15-16-17-18-19-20-21-23-26-24-25(3)22-7-5-2/h25H,4-24H2,1-3H3. The molecule has 0 amide bonds. The maximum atomic E-state index is 5.81. The molecule has 1 nitrogen and oxygen atoms in total. The molecule has 0 aliphatic rings. The summed E-state index contributed by atoms with van der Waals surface area (Å²) in [7, 11) is 0.